The number of carbonyl (C=O) groups excluding carboxylic acids is 1. The predicted octanol–water partition coefficient (Wildman–Crippen LogP) is 4.65. The van der Waals surface area contributed by atoms with Gasteiger partial charge in [0.1, 0.15) is 17.3 Å². The molecular formula is C25H23F2N5O2. The molecule has 1 atom stereocenters. The molecule has 1 aliphatic rings. The molecule has 3 heterocycles. The fourth-order valence-corrected chi connectivity index (χ4v) is 4.32. The second-order valence-electron chi connectivity index (χ2n) is 8.37. The number of amides is 1. The Morgan fingerprint density at radius 1 is 1.00 bits per heavy atom. The number of rotatable bonds is 5. The van der Waals surface area contributed by atoms with E-state index >= 15 is 0 Å². The van der Waals surface area contributed by atoms with Crippen LogP contribution in [0.3, 0.4) is 0 Å². The Balaban J connectivity index is 1.38. The largest absolute Gasteiger partial charge is 0.441 e. The van der Waals surface area contributed by atoms with Crippen molar-refractivity contribution in [3.05, 3.63) is 77.9 Å². The van der Waals surface area contributed by atoms with E-state index in [4.69, 9.17) is 4.42 Å². The van der Waals surface area contributed by atoms with E-state index < -0.39 is 0 Å². The zero-order chi connectivity index (χ0) is 23.7. The minimum atomic E-state index is -0.359. The van der Waals surface area contributed by atoms with Crippen LogP contribution in [0.15, 0.2) is 59.1 Å². The maximum atomic E-state index is 13.6. The first kappa shape index (κ1) is 21.9. The molecule has 2 aromatic carbocycles. The van der Waals surface area contributed by atoms with Crippen LogP contribution >= 0.6 is 0 Å². The standard InChI is InChI=1S/C25H23F2N5O2/c1-31-29-23(17-7-11-19(27)12-8-17)24(30-31)25(33)32-13-3-2-4-20(32)14-22-28-15-21(34-22)16-5-9-18(26)10-6-16/h5-12,15,20H,2-4,13-14H2,1H3. The quantitative estimate of drug-likeness (QED) is 0.431. The molecule has 34 heavy (non-hydrogen) atoms. The molecular weight excluding hydrogens is 440 g/mol. The zero-order valence-corrected chi connectivity index (χ0v) is 18.6. The number of hydrogen-bond acceptors (Lipinski definition) is 5. The van der Waals surface area contributed by atoms with Gasteiger partial charge in [0.05, 0.1) is 6.20 Å². The Labute approximate surface area is 195 Å². The fraction of sp³-hybridized carbons (Fsp3) is 0.280. The molecule has 1 unspecified atom stereocenters. The summed E-state index contributed by atoms with van der Waals surface area (Å²) < 4.78 is 32.5. The first-order valence-corrected chi connectivity index (χ1v) is 11.2. The number of piperidine rings is 1. The second kappa shape index (κ2) is 9.17. The average molecular weight is 463 g/mol. The molecule has 1 fully saturated rings. The highest BCUT2D eigenvalue weighted by atomic mass is 19.1. The van der Waals surface area contributed by atoms with Crippen LogP contribution in [-0.2, 0) is 13.5 Å². The summed E-state index contributed by atoms with van der Waals surface area (Å²) in [4.78, 5) is 21.1. The van der Waals surface area contributed by atoms with Crippen molar-refractivity contribution < 1.29 is 18.0 Å². The van der Waals surface area contributed by atoms with E-state index in [2.05, 4.69) is 15.2 Å². The van der Waals surface area contributed by atoms with Crippen molar-refractivity contribution >= 4 is 5.91 Å². The molecule has 1 saturated heterocycles. The van der Waals surface area contributed by atoms with Gasteiger partial charge in [-0.3, -0.25) is 4.79 Å². The van der Waals surface area contributed by atoms with Gasteiger partial charge in [-0.05, 0) is 67.8 Å². The molecule has 9 heteroatoms. The number of nitrogens with zero attached hydrogens (tertiary/aromatic N) is 5. The lowest BCUT2D eigenvalue weighted by molar-refractivity contribution is 0.0599. The number of aromatic nitrogens is 4. The summed E-state index contributed by atoms with van der Waals surface area (Å²) in [6.07, 6.45) is 4.77. The Morgan fingerprint density at radius 2 is 1.68 bits per heavy atom. The minimum Gasteiger partial charge on any atom is -0.441 e. The zero-order valence-electron chi connectivity index (χ0n) is 18.6. The van der Waals surface area contributed by atoms with Crippen LogP contribution < -0.4 is 0 Å². The van der Waals surface area contributed by atoms with E-state index in [0.717, 1.165) is 24.8 Å². The summed E-state index contributed by atoms with van der Waals surface area (Å²) >= 11 is 0. The van der Waals surface area contributed by atoms with Crippen molar-refractivity contribution in [1.29, 1.82) is 0 Å². The molecule has 0 N–H and O–H groups in total. The van der Waals surface area contributed by atoms with Crippen molar-refractivity contribution in [1.82, 2.24) is 24.9 Å². The van der Waals surface area contributed by atoms with E-state index in [0.29, 0.717) is 35.9 Å². The van der Waals surface area contributed by atoms with Gasteiger partial charge in [-0.1, -0.05) is 0 Å². The maximum Gasteiger partial charge on any atom is 0.276 e. The van der Waals surface area contributed by atoms with Crippen molar-refractivity contribution in [2.75, 3.05) is 6.54 Å². The molecule has 2 aromatic heterocycles. The van der Waals surface area contributed by atoms with Gasteiger partial charge in [0.2, 0.25) is 0 Å². The van der Waals surface area contributed by atoms with Crippen LogP contribution in [0.2, 0.25) is 0 Å². The van der Waals surface area contributed by atoms with Gasteiger partial charge in [0.25, 0.3) is 5.91 Å². The SMILES string of the molecule is Cn1nc(C(=O)N2CCCCC2Cc2ncc(-c3ccc(F)cc3)o2)c(-c2ccc(F)cc2)n1. The Bertz CT molecular complexity index is 1300. The van der Waals surface area contributed by atoms with Crippen LogP contribution in [0, 0.1) is 11.6 Å². The van der Waals surface area contributed by atoms with E-state index in [1.807, 2.05) is 4.90 Å². The summed E-state index contributed by atoms with van der Waals surface area (Å²) in [5, 5.41) is 8.68. The molecule has 7 nitrogen and oxygen atoms in total. The summed E-state index contributed by atoms with van der Waals surface area (Å²) in [6.45, 7) is 0.592. The highest BCUT2D eigenvalue weighted by Crippen LogP contribution is 2.28. The highest BCUT2D eigenvalue weighted by Gasteiger charge is 2.32. The van der Waals surface area contributed by atoms with E-state index in [1.54, 1.807) is 37.5 Å². The number of halogens is 2. The molecule has 1 aliphatic heterocycles. The summed E-state index contributed by atoms with van der Waals surface area (Å²) in [5.41, 5.74) is 2.02. The van der Waals surface area contributed by atoms with Crippen LogP contribution in [0.1, 0.15) is 35.6 Å². The molecule has 4 aromatic rings. The smallest absolute Gasteiger partial charge is 0.276 e. The predicted molar refractivity (Wildman–Crippen MR) is 121 cm³/mol. The third-order valence-corrected chi connectivity index (χ3v) is 6.01. The van der Waals surface area contributed by atoms with Crippen LogP contribution in [0.5, 0.6) is 0 Å². The number of aryl methyl sites for hydroxylation is 1. The van der Waals surface area contributed by atoms with Crippen LogP contribution in [0.4, 0.5) is 8.78 Å². The number of benzene rings is 2. The van der Waals surface area contributed by atoms with Gasteiger partial charge in [-0.25, -0.2) is 13.8 Å². The average Bonchev–Trinajstić information content (AvgIpc) is 3.47. The molecule has 0 radical (unpaired) electrons. The molecule has 0 aliphatic carbocycles. The third-order valence-electron chi connectivity index (χ3n) is 6.01. The molecule has 0 saturated carbocycles. The minimum absolute atomic E-state index is 0.107. The number of likely N-dealkylation sites (tertiary alicyclic amines) is 1. The normalized spacial score (nSPS) is 16.1. The number of hydrogen-bond donors (Lipinski definition) is 0. The van der Waals surface area contributed by atoms with Crippen molar-refractivity contribution in [2.45, 2.75) is 31.7 Å². The molecule has 174 valence electrons. The summed E-state index contributed by atoms with van der Waals surface area (Å²) in [7, 11) is 1.65. The van der Waals surface area contributed by atoms with Gasteiger partial charge in [-0.15, -0.1) is 5.10 Å². The van der Waals surface area contributed by atoms with Crippen molar-refractivity contribution in [2.24, 2.45) is 7.05 Å². The van der Waals surface area contributed by atoms with E-state index in [-0.39, 0.29) is 29.3 Å². The van der Waals surface area contributed by atoms with Gasteiger partial charge < -0.3 is 9.32 Å². The Hall–Kier alpha value is -3.88. The molecule has 0 spiro atoms. The van der Waals surface area contributed by atoms with Gasteiger partial charge in [-0.2, -0.15) is 9.90 Å². The fourth-order valence-electron chi connectivity index (χ4n) is 4.32. The van der Waals surface area contributed by atoms with Gasteiger partial charge >= 0.3 is 0 Å². The third kappa shape index (κ3) is 4.46. The highest BCUT2D eigenvalue weighted by molar-refractivity contribution is 5.98. The van der Waals surface area contributed by atoms with Gasteiger partial charge in [0.15, 0.2) is 17.3 Å². The lowest BCUT2D eigenvalue weighted by atomic mass is 9.98. The Kier molecular flexibility index (Phi) is 5.91. The van der Waals surface area contributed by atoms with Crippen molar-refractivity contribution in [3.63, 3.8) is 0 Å². The van der Waals surface area contributed by atoms with Crippen LogP contribution in [-0.4, -0.2) is 43.4 Å². The second-order valence-corrected chi connectivity index (χ2v) is 8.37. The van der Waals surface area contributed by atoms with E-state index in [1.165, 1.54) is 29.1 Å². The first-order valence-electron chi connectivity index (χ1n) is 11.2. The number of carbonyl (C=O) groups is 1. The summed E-state index contributed by atoms with van der Waals surface area (Å²) in [6, 6.07) is 11.8. The van der Waals surface area contributed by atoms with E-state index in [9.17, 15) is 13.6 Å². The topological polar surface area (TPSA) is 77.0 Å². The molecule has 0 bridgehead atoms. The first-order chi connectivity index (χ1) is 16.5. The molecule has 5 rings (SSSR count). The lowest BCUT2D eigenvalue weighted by Crippen LogP contribution is -2.45. The van der Waals surface area contributed by atoms with Crippen LogP contribution in [0.25, 0.3) is 22.6 Å². The lowest BCUT2D eigenvalue weighted by Gasteiger charge is -2.34. The summed E-state index contributed by atoms with van der Waals surface area (Å²) in [5.74, 6) is 0.173. The van der Waals surface area contributed by atoms with Gasteiger partial charge in [0, 0.05) is 37.2 Å². The Morgan fingerprint density at radius 3 is 2.38 bits per heavy atom. The number of oxazole rings is 1. The maximum absolute atomic E-state index is 13.6. The monoisotopic (exact) mass is 463 g/mol. The molecule has 1 amide bonds. The van der Waals surface area contributed by atoms with Crippen molar-refractivity contribution in [3.8, 4) is 22.6 Å².